The van der Waals surface area contributed by atoms with Crippen LogP contribution in [0.1, 0.15) is 38.7 Å². The van der Waals surface area contributed by atoms with E-state index in [-0.39, 0.29) is 18.4 Å². The Kier molecular flexibility index (Phi) is 7.24. The topological polar surface area (TPSA) is 108 Å². The second kappa shape index (κ2) is 10.3. The molecule has 2 bridgehead atoms. The molecule has 3 aliphatic heterocycles. The zero-order valence-electron chi connectivity index (χ0n) is 21.7. The van der Waals surface area contributed by atoms with Crippen LogP contribution in [0.3, 0.4) is 0 Å². The van der Waals surface area contributed by atoms with Gasteiger partial charge in [-0.15, -0.1) is 0 Å². The molecule has 3 fully saturated rings. The molecule has 5 rings (SSSR count). The van der Waals surface area contributed by atoms with Crippen molar-refractivity contribution in [3.8, 4) is 0 Å². The van der Waals surface area contributed by atoms with E-state index in [9.17, 15) is 19.5 Å². The highest BCUT2D eigenvalue weighted by atomic mass is 35.5. The van der Waals surface area contributed by atoms with E-state index in [1.54, 1.807) is 24.3 Å². The van der Waals surface area contributed by atoms with E-state index in [0.717, 1.165) is 12.0 Å². The largest absolute Gasteiger partial charge is 0.394 e. The van der Waals surface area contributed by atoms with E-state index in [1.165, 1.54) is 4.90 Å². The number of ether oxygens (including phenoxy) is 1. The molecule has 2 aromatic carbocycles. The molecule has 3 aliphatic rings. The number of nitrogens with one attached hydrogen (secondary N) is 2. The summed E-state index contributed by atoms with van der Waals surface area (Å²) in [4.78, 5) is 43.2. The first-order valence-electron chi connectivity index (χ1n) is 13.3. The number of likely N-dealkylation sites (tertiary alicyclic amines) is 1. The fourth-order valence-corrected chi connectivity index (χ4v) is 6.82. The summed E-state index contributed by atoms with van der Waals surface area (Å²) in [5, 5.41) is 16.9. The number of aliphatic hydroxyl groups excluding tert-OH is 1. The minimum absolute atomic E-state index is 0.225. The summed E-state index contributed by atoms with van der Waals surface area (Å²) >= 11 is 6.02. The van der Waals surface area contributed by atoms with Gasteiger partial charge in [-0.2, -0.15) is 0 Å². The van der Waals surface area contributed by atoms with E-state index in [0.29, 0.717) is 36.5 Å². The third-order valence-electron chi connectivity index (χ3n) is 8.32. The molecule has 3 saturated heterocycles. The van der Waals surface area contributed by atoms with E-state index in [4.69, 9.17) is 16.3 Å². The monoisotopic (exact) mass is 539 g/mol. The lowest BCUT2D eigenvalue weighted by atomic mass is 9.66. The summed E-state index contributed by atoms with van der Waals surface area (Å²) in [6.45, 7) is 4.00. The molecule has 0 radical (unpaired) electrons. The number of carbonyl (C=O) groups is 3. The summed E-state index contributed by atoms with van der Waals surface area (Å²) in [7, 11) is 0. The van der Waals surface area contributed by atoms with Gasteiger partial charge in [0, 0.05) is 17.3 Å². The smallest absolute Gasteiger partial charge is 0.250 e. The van der Waals surface area contributed by atoms with Gasteiger partial charge < -0.3 is 25.4 Å². The summed E-state index contributed by atoms with van der Waals surface area (Å²) in [5.41, 5.74) is -0.552. The van der Waals surface area contributed by atoms with Crippen LogP contribution in [0.2, 0.25) is 5.02 Å². The van der Waals surface area contributed by atoms with E-state index < -0.39 is 41.0 Å². The zero-order valence-corrected chi connectivity index (χ0v) is 22.4. The van der Waals surface area contributed by atoms with Crippen LogP contribution in [-0.4, -0.2) is 64.2 Å². The van der Waals surface area contributed by atoms with Gasteiger partial charge in [0.15, 0.2) is 0 Å². The van der Waals surface area contributed by atoms with Crippen molar-refractivity contribution in [2.24, 2.45) is 11.8 Å². The van der Waals surface area contributed by atoms with Gasteiger partial charge in [-0.3, -0.25) is 14.4 Å². The molecule has 2 unspecified atom stereocenters. The second-order valence-electron chi connectivity index (χ2n) is 10.8. The second-order valence-corrected chi connectivity index (χ2v) is 11.2. The Balaban J connectivity index is 1.55. The first-order chi connectivity index (χ1) is 18.2. The standard InChI is InChI=1S/C29H34ClN3O5/c1-3-15-31-25(35)22-23-27(37)33(21(17-34)16-18-7-5-4-6-8-18)24(29(23)14-13-28(22,2)38-29)26(36)32-20-11-9-19(30)10-12-20/h4-12,21-24,34H,3,13-17H2,1-2H3,(H,31,35)(H,32,36)/t21-,22+,23+,24?,28-,29?/m1/s1. The Morgan fingerprint density at radius 2 is 1.84 bits per heavy atom. The molecule has 3 N–H and O–H groups in total. The average Bonchev–Trinajstić information content (AvgIpc) is 3.48. The van der Waals surface area contributed by atoms with E-state index in [2.05, 4.69) is 10.6 Å². The van der Waals surface area contributed by atoms with Gasteiger partial charge in [-0.1, -0.05) is 48.9 Å². The predicted molar refractivity (Wildman–Crippen MR) is 143 cm³/mol. The van der Waals surface area contributed by atoms with Crippen molar-refractivity contribution >= 4 is 35.0 Å². The first kappa shape index (κ1) is 26.7. The van der Waals surface area contributed by atoms with E-state index >= 15 is 0 Å². The van der Waals surface area contributed by atoms with Gasteiger partial charge >= 0.3 is 0 Å². The lowest BCUT2D eigenvalue weighted by molar-refractivity contribution is -0.147. The summed E-state index contributed by atoms with van der Waals surface area (Å²) in [6, 6.07) is 14.6. The van der Waals surface area contributed by atoms with Crippen LogP contribution in [0.4, 0.5) is 5.69 Å². The molecule has 3 amide bonds. The van der Waals surface area contributed by atoms with Gasteiger partial charge in [0.2, 0.25) is 17.7 Å². The number of anilines is 1. The number of benzene rings is 2. The Labute approximate surface area is 227 Å². The minimum atomic E-state index is -1.17. The lowest BCUT2D eigenvalue weighted by Gasteiger charge is -2.37. The fourth-order valence-electron chi connectivity index (χ4n) is 6.70. The number of hydrogen-bond acceptors (Lipinski definition) is 5. The normalized spacial score (nSPS) is 30.3. The van der Waals surface area contributed by atoms with Crippen molar-refractivity contribution < 1.29 is 24.2 Å². The molecule has 38 heavy (non-hydrogen) atoms. The summed E-state index contributed by atoms with van der Waals surface area (Å²) in [5.74, 6) is -2.49. The predicted octanol–water partition coefficient (Wildman–Crippen LogP) is 3.17. The Morgan fingerprint density at radius 3 is 2.50 bits per heavy atom. The van der Waals surface area contributed by atoms with Crippen LogP contribution in [0.25, 0.3) is 0 Å². The maximum absolute atomic E-state index is 14.3. The molecule has 6 atom stereocenters. The van der Waals surface area contributed by atoms with E-state index in [1.807, 2.05) is 44.2 Å². The molecule has 8 nitrogen and oxygen atoms in total. The van der Waals surface area contributed by atoms with Crippen LogP contribution in [0.15, 0.2) is 54.6 Å². The van der Waals surface area contributed by atoms with Crippen molar-refractivity contribution in [1.29, 1.82) is 0 Å². The van der Waals surface area contributed by atoms with Crippen LogP contribution >= 0.6 is 11.6 Å². The summed E-state index contributed by atoms with van der Waals surface area (Å²) < 4.78 is 6.63. The molecule has 202 valence electrons. The third kappa shape index (κ3) is 4.38. The lowest BCUT2D eigenvalue weighted by Crippen LogP contribution is -2.57. The average molecular weight is 540 g/mol. The van der Waals surface area contributed by atoms with Crippen molar-refractivity contribution in [3.63, 3.8) is 0 Å². The number of halogens is 1. The molecule has 0 saturated carbocycles. The molecule has 1 spiro atoms. The van der Waals surface area contributed by atoms with Crippen molar-refractivity contribution in [2.75, 3.05) is 18.5 Å². The number of amides is 3. The molecular formula is C29H34ClN3O5. The minimum Gasteiger partial charge on any atom is -0.394 e. The van der Waals surface area contributed by atoms with Crippen LogP contribution in [-0.2, 0) is 25.5 Å². The highest BCUT2D eigenvalue weighted by molar-refractivity contribution is 6.30. The maximum Gasteiger partial charge on any atom is 0.250 e. The van der Waals surface area contributed by atoms with Crippen LogP contribution < -0.4 is 10.6 Å². The zero-order chi connectivity index (χ0) is 27.1. The van der Waals surface area contributed by atoms with Crippen molar-refractivity contribution in [1.82, 2.24) is 10.2 Å². The number of fused-ring (bicyclic) bond motifs is 1. The maximum atomic E-state index is 14.3. The molecule has 2 aromatic rings. The fraction of sp³-hybridized carbons (Fsp3) is 0.483. The highest BCUT2D eigenvalue weighted by Crippen LogP contribution is 2.63. The third-order valence-corrected chi connectivity index (χ3v) is 8.58. The molecule has 3 heterocycles. The van der Waals surface area contributed by atoms with Gasteiger partial charge in [-0.05, 0) is 62.4 Å². The highest BCUT2D eigenvalue weighted by Gasteiger charge is 2.78. The number of rotatable bonds is 9. The SMILES string of the molecule is CCCNC(=O)[C@@H]1[C@H]2C(=O)N([C@@H](CO)Cc3ccccc3)C(C(=O)Nc3ccc(Cl)cc3)C23CC[C@@]1(C)O3. The van der Waals surface area contributed by atoms with Crippen molar-refractivity contribution in [2.45, 2.75) is 62.8 Å². The van der Waals surface area contributed by atoms with Crippen molar-refractivity contribution in [3.05, 3.63) is 65.2 Å². The number of carbonyl (C=O) groups excluding carboxylic acids is 3. The van der Waals surface area contributed by atoms with Crippen LogP contribution in [0, 0.1) is 11.8 Å². The Morgan fingerprint density at radius 1 is 1.13 bits per heavy atom. The Hall–Kier alpha value is -2.94. The van der Waals surface area contributed by atoms with Gasteiger partial charge in [0.1, 0.15) is 11.6 Å². The number of aliphatic hydroxyl groups is 1. The Bertz CT molecular complexity index is 1210. The molecule has 0 aliphatic carbocycles. The van der Waals surface area contributed by atoms with Gasteiger partial charge in [0.25, 0.3) is 0 Å². The van der Waals surface area contributed by atoms with Crippen LogP contribution in [0.5, 0.6) is 0 Å². The first-order valence-corrected chi connectivity index (χ1v) is 13.6. The van der Waals surface area contributed by atoms with Gasteiger partial charge in [0.05, 0.1) is 30.1 Å². The molecular weight excluding hydrogens is 506 g/mol. The summed E-state index contributed by atoms with van der Waals surface area (Å²) in [6.07, 6.45) is 2.15. The molecule has 9 heteroatoms. The quantitative estimate of drug-likeness (QED) is 0.453. The number of nitrogens with zero attached hydrogens (tertiary/aromatic N) is 1. The molecule has 0 aromatic heterocycles. The number of hydrogen-bond donors (Lipinski definition) is 3. The van der Waals surface area contributed by atoms with Gasteiger partial charge in [-0.25, -0.2) is 0 Å².